The van der Waals surface area contributed by atoms with Crippen molar-refractivity contribution in [3.05, 3.63) is 52.4 Å². The summed E-state index contributed by atoms with van der Waals surface area (Å²) in [7, 11) is -3.19. The molecule has 0 amide bonds. The summed E-state index contributed by atoms with van der Waals surface area (Å²) in [5.41, 5.74) is 5.97. The number of aryl methyl sites for hydroxylation is 6. The van der Waals surface area contributed by atoms with Gasteiger partial charge in [-0.05, 0) is 0 Å². The molecule has 0 N–H and O–H groups in total. The number of rotatable bonds is 4. The van der Waals surface area contributed by atoms with E-state index in [1.807, 2.05) is 34.8 Å². The molecule has 0 unspecified atom stereocenters. The van der Waals surface area contributed by atoms with Crippen molar-refractivity contribution < 1.29 is 10.3 Å². The van der Waals surface area contributed by atoms with Crippen molar-refractivity contribution in [1.29, 1.82) is 0 Å². The second-order valence-corrected chi connectivity index (χ2v) is 37.1. The van der Waals surface area contributed by atoms with Crippen LogP contribution >= 0.6 is 39.5 Å². The first kappa shape index (κ1) is 20.5. The average molecular weight is 585 g/mol. The van der Waals surface area contributed by atoms with Gasteiger partial charge in [-0.1, -0.05) is 0 Å². The SMILES string of the molecule is Cc1cc(C)n([C](n2nc(C)cc2C)(n2nc(C)cc2C)[Ti]([Br])([Br])[Br])n1. The van der Waals surface area contributed by atoms with E-state index in [-0.39, 0.29) is 0 Å². The molecule has 3 heterocycles. The van der Waals surface area contributed by atoms with E-state index in [0.717, 1.165) is 34.2 Å². The molecule has 140 valence electrons. The van der Waals surface area contributed by atoms with Gasteiger partial charge in [-0.25, -0.2) is 0 Å². The molecule has 6 nitrogen and oxygen atoms in total. The molecule has 26 heavy (non-hydrogen) atoms. The Morgan fingerprint density at radius 2 is 0.923 bits per heavy atom. The van der Waals surface area contributed by atoms with Crippen LogP contribution in [0.5, 0.6) is 0 Å². The zero-order valence-electron chi connectivity index (χ0n) is 15.5. The van der Waals surface area contributed by atoms with Crippen LogP contribution in [0.4, 0.5) is 0 Å². The Labute approximate surface area is 175 Å². The van der Waals surface area contributed by atoms with E-state index in [4.69, 9.17) is 15.3 Å². The molecule has 3 aromatic heterocycles. The predicted octanol–water partition coefficient (Wildman–Crippen LogP) is 4.87. The van der Waals surface area contributed by atoms with Crippen LogP contribution < -0.4 is 0 Å². The number of nitrogens with zero attached hydrogens (tertiary/aromatic N) is 6. The maximum atomic E-state index is 4.85. The third-order valence-electron chi connectivity index (χ3n) is 4.30. The Hall–Kier alpha value is -0.216. The Bertz CT molecular complexity index is 853. The van der Waals surface area contributed by atoms with Crippen LogP contribution in [0.3, 0.4) is 0 Å². The fourth-order valence-electron chi connectivity index (χ4n) is 3.46. The first-order valence-electron chi connectivity index (χ1n) is 8.16. The van der Waals surface area contributed by atoms with Gasteiger partial charge in [0.05, 0.1) is 0 Å². The molecule has 0 bridgehead atoms. The van der Waals surface area contributed by atoms with Crippen LogP contribution in [0.15, 0.2) is 18.2 Å². The summed E-state index contributed by atoms with van der Waals surface area (Å²) in [5, 5.41) is 14.6. The van der Waals surface area contributed by atoms with Crippen LogP contribution in [0.25, 0.3) is 0 Å². The molecule has 0 saturated carbocycles. The molecule has 0 fully saturated rings. The number of hydrogen-bond acceptors (Lipinski definition) is 3. The van der Waals surface area contributed by atoms with Crippen LogP contribution in [-0.4, -0.2) is 29.3 Å². The van der Waals surface area contributed by atoms with E-state index in [1.54, 1.807) is 0 Å². The van der Waals surface area contributed by atoms with Crippen molar-refractivity contribution in [1.82, 2.24) is 29.3 Å². The fraction of sp³-hybridized carbons (Fsp3) is 0.438. The minimum atomic E-state index is -3.19. The Morgan fingerprint density at radius 1 is 0.654 bits per heavy atom. The zero-order valence-corrected chi connectivity index (χ0v) is 21.9. The summed E-state index contributed by atoms with van der Waals surface area (Å²) in [6.45, 7) is 12.2. The van der Waals surface area contributed by atoms with Gasteiger partial charge in [0, 0.05) is 0 Å². The summed E-state index contributed by atoms with van der Waals surface area (Å²) in [6, 6.07) is 6.23. The van der Waals surface area contributed by atoms with Crippen molar-refractivity contribution >= 4 is 39.5 Å². The van der Waals surface area contributed by atoms with E-state index >= 15 is 0 Å². The summed E-state index contributed by atoms with van der Waals surface area (Å²) in [6.07, 6.45) is 0. The normalized spacial score (nSPS) is 12.8. The van der Waals surface area contributed by atoms with E-state index in [9.17, 15) is 0 Å². The third kappa shape index (κ3) is 3.13. The van der Waals surface area contributed by atoms with Crippen LogP contribution in [-0.2, 0) is 14.4 Å². The Morgan fingerprint density at radius 3 is 1.08 bits per heavy atom. The molecular weight excluding hydrogens is 564 g/mol. The van der Waals surface area contributed by atoms with Gasteiger partial charge >= 0.3 is 177 Å². The quantitative estimate of drug-likeness (QED) is 0.411. The summed E-state index contributed by atoms with van der Waals surface area (Å²) >= 11 is 11.9. The molecule has 0 atom stereocenters. The van der Waals surface area contributed by atoms with Crippen LogP contribution in [0.1, 0.15) is 34.2 Å². The van der Waals surface area contributed by atoms with Crippen molar-refractivity contribution in [2.75, 3.05) is 0 Å². The Kier molecular flexibility index (Phi) is 5.52. The first-order valence-corrected chi connectivity index (χ1v) is 20.5. The van der Waals surface area contributed by atoms with E-state index in [0.29, 0.717) is 0 Å². The predicted molar refractivity (Wildman–Crippen MR) is 111 cm³/mol. The molecule has 3 rings (SSSR count). The molecule has 0 saturated heterocycles. The van der Waals surface area contributed by atoms with E-state index in [2.05, 4.69) is 78.5 Å². The van der Waals surface area contributed by atoms with Gasteiger partial charge in [-0.3, -0.25) is 0 Å². The molecule has 0 aliphatic carbocycles. The van der Waals surface area contributed by atoms with Gasteiger partial charge in [-0.2, -0.15) is 0 Å². The van der Waals surface area contributed by atoms with Crippen molar-refractivity contribution in [2.45, 2.75) is 45.6 Å². The second kappa shape index (κ2) is 6.99. The molecule has 3 aromatic rings. The summed E-state index contributed by atoms with van der Waals surface area (Å²) in [5.74, 6) is 0. The Balaban J connectivity index is 2.54. The molecule has 0 aliphatic rings. The summed E-state index contributed by atoms with van der Waals surface area (Å²) < 4.78 is 5.29. The standard InChI is InChI=1S/C16H21N6.3BrH.Ti/c1-10-7-13(4)20(17-10)16(21-14(5)8-11(2)18-21)22-15(6)9-12(3)19-22;;;;/h7-9H,1-6H3;3*1H;/q;;;;+3/p-3. The van der Waals surface area contributed by atoms with Crippen LogP contribution in [0, 0.1) is 41.5 Å². The zero-order chi connectivity index (χ0) is 19.4. The number of hydrogen-bond donors (Lipinski definition) is 0. The van der Waals surface area contributed by atoms with Crippen molar-refractivity contribution in [3.8, 4) is 0 Å². The molecule has 0 aliphatic heterocycles. The van der Waals surface area contributed by atoms with Crippen molar-refractivity contribution in [2.24, 2.45) is 0 Å². The number of halogens is 3. The minimum absolute atomic E-state index is 0.797. The van der Waals surface area contributed by atoms with Gasteiger partial charge in [0.15, 0.2) is 0 Å². The molecule has 0 radical (unpaired) electrons. The maximum absolute atomic E-state index is 4.85. The van der Waals surface area contributed by atoms with Gasteiger partial charge in [0.2, 0.25) is 0 Å². The number of aromatic nitrogens is 6. The topological polar surface area (TPSA) is 53.5 Å². The van der Waals surface area contributed by atoms with Crippen molar-refractivity contribution in [3.63, 3.8) is 0 Å². The summed E-state index contributed by atoms with van der Waals surface area (Å²) in [4.78, 5) is 0. The van der Waals surface area contributed by atoms with Crippen LogP contribution in [0.2, 0.25) is 0 Å². The third-order valence-corrected chi connectivity index (χ3v) is 13.1. The molecule has 10 heteroatoms. The van der Waals surface area contributed by atoms with E-state index < -0.39 is 14.4 Å². The molecule has 0 aromatic carbocycles. The molecular formula is C16H21Br3N6Ti. The molecule has 0 spiro atoms. The fourth-order valence-corrected chi connectivity index (χ4v) is 11.9. The van der Waals surface area contributed by atoms with Gasteiger partial charge < -0.3 is 0 Å². The average Bonchev–Trinajstić information content (AvgIpc) is 3.10. The van der Waals surface area contributed by atoms with Gasteiger partial charge in [0.1, 0.15) is 0 Å². The van der Waals surface area contributed by atoms with Gasteiger partial charge in [0.25, 0.3) is 0 Å². The second-order valence-electron chi connectivity index (χ2n) is 6.65. The van der Waals surface area contributed by atoms with E-state index in [1.165, 1.54) is 0 Å². The monoisotopic (exact) mass is 582 g/mol. The first-order chi connectivity index (χ1) is 12.0. The van der Waals surface area contributed by atoms with Gasteiger partial charge in [-0.15, -0.1) is 0 Å².